The second-order valence-corrected chi connectivity index (χ2v) is 6.32. The summed E-state index contributed by atoms with van der Waals surface area (Å²) in [5.74, 6) is -2.55. The van der Waals surface area contributed by atoms with Crippen molar-refractivity contribution < 1.29 is 19.1 Å². The number of carbonyl (C=O) groups is 2. The van der Waals surface area contributed by atoms with Crippen LogP contribution in [0.5, 0.6) is 0 Å². The van der Waals surface area contributed by atoms with Gasteiger partial charge in [0, 0.05) is 4.88 Å². The maximum Gasteiger partial charge on any atom is 0.313 e. The molecule has 1 aromatic heterocycles. The second-order valence-electron chi connectivity index (χ2n) is 5.37. The van der Waals surface area contributed by atoms with E-state index in [1.807, 2.05) is 0 Å². The Labute approximate surface area is 137 Å². The molecule has 1 heterocycles. The molecule has 23 heavy (non-hydrogen) atoms. The van der Waals surface area contributed by atoms with Crippen LogP contribution in [-0.2, 0) is 15.2 Å². The normalized spacial score (nSPS) is 13.2. The van der Waals surface area contributed by atoms with Gasteiger partial charge >= 0.3 is 11.8 Å². The van der Waals surface area contributed by atoms with Crippen molar-refractivity contribution >= 4 is 28.8 Å². The maximum absolute atomic E-state index is 13.6. The van der Waals surface area contributed by atoms with E-state index in [4.69, 9.17) is 0 Å². The van der Waals surface area contributed by atoms with E-state index in [9.17, 15) is 19.1 Å². The number of hydrogen-bond acceptors (Lipinski definition) is 4. The van der Waals surface area contributed by atoms with Crippen molar-refractivity contribution in [3.8, 4) is 0 Å². The highest BCUT2D eigenvalue weighted by molar-refractivity contribution is 7.10. The number of thiophene rings is 1. The molecule has 2 aromatic rings. The summed E-state index contributed by atoms with van der Waals surface area (Å²) in [5.41, 5.74) is -0.587. The molecule has 0 saturated heterocycles. The van der Waals surface area contributed by atoms with E-state index in [1.165, 1.54) is 30.4 Å². The number of amides is 2. The number of benzene rings is 1. The molecule has 5 nitrogen and oxygen atoms in total. The van der Waals surface area contributed by atoms with E-state index >= 15 is 0 Å². The zero-order valence-electron chi connectivity index (χ0n) is 12.7. The second kappa shape index (κ2) is 6.89. The molecule has 0 aliphatic heterocycles. The van der Waals surface area contributed by atoms with Gasteiger partial charge in [0.05, 0.1) is 12.2 Å². The molecule has 3 N–H and O–H groups in total. The molecule has 0 fully saturated rings. The molecular weight excluding hydrogens is 319 g/mol. The number of carbonyl (C=O) groups excluding carboxylic acids is 2. The van der Waals surface area contributed by atoms with E-state index in [-0.39, 0.29) is 12.2 Å². The van der Waals surface area contributed by atoms with E-state index < -0.39 is 23.2 Å². The van der Waals surface area contributed by atoms with Gasteiger partial charge in [-0.2, -0.15) is 0 Å². The van der Waals surface area contributed by atoms with Crippen molar-refractivity contribution in [1.82, 2.24) is 5.32 Å². The molecule has 2 amide bonds. The lowest BCUT2D eigenvalue weighted by atomic mass is 10.1. The van der Waals surface area contributed by atoms with Gasteiger partial charge < -0.3 is 15.7 Å². The average Bonchev–Trinajstić information content (AvgIpc) is 3.03. The van der Waals surface area contributed by atoms with Crippen molar-refractivity contribution in [1.29, 1.82) is 0 Å². The Balaban J connectivity index is 1.95. The number of aryl methyl sites for hydroxylation is 1. The van der Waals surface area contributed by atoms with Gasteiger partial charge in [-0.1, -0.05) is 12.1 Å². The summed E-state index contributed by atoms with van der Waals surface area (Å²) in [6, 6.07) is 7.72. The first-order chi connectivity index (χ1) is 10.8. The SMILES string of the molecule is Cc1ccc(F)c(NC(=O)C(=O)NCC(C)(O)c2cccs2)c1. The number of halogens is 1. The van der Waals surface area contributed by atoms with Crippen LogP contribution in [0.3, 0.4) is 0 Å². The van der Waals surface area contributed by atoms with Gasteiger partial charge in [-0.15, -0.1) is 11.3 Å². The highest BCUT2D eigenvalue weighted by Crippen LogP contribution is 2.24. The van der Waals surface area contributed by atoms with Gasteiger partial charge in [0.1, 0.15) is 11.4 Å². The van der Waals surface area contributed by atoms with Gasteiger partial charge in [-0.05, 0) is 43.0 Å². The van der Waals surface area contributed by atoms with Gasteiger partial charge in [0.25, 0.3) is 0 Å². The molecule has 0 bridgehead atoms. The zero-order chi connectivity index (χ0) is 17.0. The van der Waals surface area contributed by atoms with Crippen molar-refractivity contribution in [2.45, 2.75) is 19.4 Å². The minimum atomic E-state index is -1.28. The van der Waals surface area contributed by atoms with Gasteiger partial charge in [0.2, 0.25) is 0 Å². The van der Waals surface area contributed by atoms with E-state index in [2.05, 4.69) is 10.6 Å². The standard InChI is InChI=1S/C16H17FN2O3S/c1-10-5-6-11(17)12(8-10)19-15(21)14(20)18-9-16(2,22)13-4-3-7-23-13/h3-8,22H,9H2,1-2H3,(H,18,20)(H,19,21). The smallest absolute Gasteiger partial charge is 0.313 e. The predicted molar refractivity (Wildman–Crippen MR) is 86.7 cm³/mol. The Morgan fingerprint density at radius 1 is 1.30 bits per heavy atom. The number of anilines is 1. The van der Waals surface area contributed by atoms with E-state index in [0.29, 0.717) is 4.88 Å². The number of nitrogens with one attached hydrogen (secondary N) is 2. The Hall–Kier alpha value is -2.25. The van der Waals surface area contributed by atoms with Crippen LogP contribution >= 0.6 is 11.3 Å². The fourth-order valence-corrected chi connectivity index (χ4v) is 2.71. The molecular formula is C16H17FN2O3S. The summed E-state index contributed by atoms with van der Waals surface area (Å²) in [7, 11) is 0. The molecule has 1 aromatic carbocycles. The average molecular weight is 336 g/mol. The van der Waals surface area contributed by atoms with Crippen molar-refractivity contribution in [2.75, 3.05) is 11.9 Å². The molecule has 1 atom stereocenters. The summed E-state index contributed by atoms with van der Waals surface area (Å²) in [4.78, 5) is 24.3. The molecule has 0 saturated carbocycles. The van der Waals surface area contributed by atoms with Gasteiger partial charge in [-0.25, -0.2) is 4.39 Å². The summed E-state index contributed by atoms with van der Waals surface area (Å²) in [6.45, 7) is 3.15. The minimum Gasteiger partial charge on any atom is -0.383 e. The lowest BCUT2D eigenvalue weighted by Gasteiger charge is -2.22. The van der Waals surface area contributed by atoms with Crippen LogP contribution in [0, 0.1) is 12.7 Å². The summed E-state index contributed by atoms with van der Waals surface area (Å²) in [6.07, 6.45) is 0. The van der Waals surface area contributed by atoms with Crippen LogP contribution in [0.15, 0.2) is 35.7 Å². The molecule has 0 spiro atoms. The molecule has 0 aliphatic rings. The third kappa shape index (κ3) is 4.37. The predicted octanol–water partition coefficient (Wildman–Crippen LogP) is 2.16. The van der Waals surface area contributed by atoms with Crippen LogP contribution in [0.1, 0.15) is 17.4 Å². The topological polar surface area (TPSA) is 78.4 Å². The van der Waals surface area contributed by atoms with Crippen LogP contribution < -0.4 is 10.6 Å². The number of hydrogen-bond donors (Lipinski definition) is 3. The van der Waals surface area contributed by atoms with Crippen LogP contribution in [-0.4, -0.2) is 23.5 Å². The fraction of sp³-hybridized carbons (Fsp3) is 0.250. The molecule has 7 heteroatoms. The Bertz CT molecular complexity index is 714. The van der Waals surface area contributed by atoms with E-state index in [1.54, 1.807) is 30.5 Å². The molecule has 2 rings (SSSR count). The lowest BCUT2D eigenvalue weighted by Crippen LogP contribution is -2.43. The summed E-state index contributed by atoms with van der Waals surface area (Å²) in [5, 5.41) is 16.6. The van der Waals surface area contributed by atoms with Crippen molar-refractivity contribution in [3.05, 3.63) is 52.0 Å². The molecule has 0 aliphatic carbocycles. The largest absolute Gasteiger partial charge is 0.383 e. The monoisotopic (exact) mass is 336 g/mol. The highest BCUT2D eigenvalue weighted by atomic mass is 32.1. The molecule has 122 valence electrons. The first kappa shape index (κ1) is 17.1. The number of aliphatic hydroxyl groups is 1. The van der Waals surface area contributed by atoms with Crippen LogP contribution in [0.4, 0.5) is 10.1 Å². The first-order valence-corrected chi connectivity index (χ1v) is 7.79. The third-order valence-corrected chi connectivity index (χ3v) is 4.34. The maximum atomic E-state index is 13.6. The zero-order valence-corrected chi connectivity index (χ0v) is 13.5. The number of rotatable bonds is 4. The lowest BCUT2D eigenvalue weighted by molar-refractivity contribution is -0.136. The first-order valence-electron chi connectivity index (χ1n) is 6.91. The third-order valence-electron chi connectivity index (χ3n) is 3.22. The van der Waals surface area contributed by atoms with Crippen LogP contribution in [0.2, 0.25) is 0 Å². The highest BCUT2D eigenvalue weighted by Gasteiger charge is 2.26. The van der Waals surface area contributed by atoms with Gasteiger partial charge in [0.15, 0.2) is 0 Å². The quantitative estimate of drug-likeness (QED) is 0.749. The van der Waals surface area contributed by atoms with Crippen molar-refractivity contribution in [3.63, 3.8) is 0 Å². The Kier molecular flexibility index (Phi) is 5.12. The fourth-order valence-electron chi connectivity index (χ4n) is 1.92. The van der Waals surface area contributed by atoms with Gasteiger partial charge in [-0.3, -0.25) is 9.59 Å². The Morgan fingerprint density at radius 3 is 2.70 bits per heavy atom. The van der Waals surface area contributed by atoms with Crippen LogP contribution in [0.25, 0.3) is 0 Å². The summed E-state index contributed by atoms with van der Waals surface area (Å²) < 4.78 is 13.6. The molecule has 1 unspecified atom stereocenters. The van der Waals surface area contributed by atoms with Crippen molar-refractivity contribution in [2.24, 2.45) is 0 Å². The van der Waals surface area contributed by atoms with E-state index in [0.717, 1.165) is 5.56 Å². The molecule has 0 radical (unpaired) electrons. The summed E-state index contributed by atoms with van der Waals surface area (Å²) >= 11 is 1.34. The Morgan fingerprint density at radius 2 is 2.04 bits per heavy atom. The minimum absolute atomic E-state index is 0.0600.